The van der Waals surface area contributed by atoms with Crippen molar-refractivity contribution in [1.82, 2.24) is 0 Å². The van der Waals surface area contributed by atoms with Crippen LogP contribution in [0.25, 0.3) is 0 Å². The second-order valence-electron chi connectivity index (χ2n) is 4.18. The molecule has 2 rings (SSSR count). The summed E-state index contributed by atoms with van der Waals surface area (Å²) in [5.41, 5.74) is 0.455. The summed E-state index contributed by atoms with van der Waals surface area (Å²) >= 11 is 1.65. The molecular weight excluding hydrogens is 303 g/mol. The molecule has 0 bridgehead atoms. The topological polar surface area (TPSA) is 34.4 Å². The van der Waals surface area contributed by atoms with Gasteiger partial charge in [0.25, 0.3) is 0 Å². The molecule has 0 radical (unpaired) electrons. The fraction of sp³-hybridized carbons (Fsp3) is 0.286. The first-order valence-corrected chi connectivity index (χ1v) is 7.52. The molecule has 1 heterocycles. The number of anilines is 1. The molecule has 2 aromatic rings. The number of alkyl halides is 2. The molecule has 21 heavy (non-hydrogen) atoms. The summed E-state index contributed by atoms with van der Waals surface area (Å²) in [5, 5.41) is 2.95. The van der Waals surface area contributed by atoms with Crippen LogP contribution in [0.15, 0.2) is 34.7 Å². The number of rotatable bonds is 7. The van der Waals surface area contributed by atoms with E-state index in [1.54, 1.807) is 11.8 Å². The van der Waals surface area contributed by atoms with Gasteiger partial charge in [0.1, 0.15) is 11.5 Å². The lowest BCUT2D eigenvalue weighted by Crippen LogP contribution is -2.04. The summed E-state index contributed by atoms with van der Waals surface area (Å²) in [7, 11) is 0. The van der Waals surface area contributed by atoms with Crippen molar-refractivity contribution < 1.29 is 22.3 Å². The van der Waals surface area contributed by atoms with E-state index in [-0.39, 0.29) is 0 Å². The molecular formula is C14H14F3NO2S. The molecule has 0 unspecified atom stereocenters. The SMILES string of the molecule is CSCc1ccc(CNc2ccc(OC(F)F)c(F)c2)o1. The quantitative estimate of drug-likeness (QED) is 0.815. The lowest BCUT2D eigenvalue weighted by molar-refractivity contribution is -0.0521. The van der Waals surface area contributed by atoms with Gasteiger partial charge in [0.2, 0.25) is 0 Å². The molecule has 114 valence electrons. The van der Waals surface area contributed by atoms with E-state index in [2.05, 4.69) is 10.1 Å². The second kappa shape index (κ2) is 7.31. The van der Waals surface area contributed by atoms with Crippen molar-refractivity contribution in [2.24, 2.45) is 0 Å². The lowest BCUT2D eigenvalue weighted by atomic mass is 10.3. The third-order valence-corrected chi connectivity index (χ3v) is 3.19. The summed E-state index contributed by atoms with van der Waals surface area (Å²) in [6, 6.07) is 7.44. The van der Waals surface area contributed by atoms with Crippen LogP contribution in [0.2, 0.25) is 0 Å². The van der Waals surface area contributed by atoms with Gasteiger partial charge in [-0.1, -0.05) is 0 Å². The predicted molar refractivity (Wildman–Crippen MR) is 76.3 cm³/mol. The number of hydrogen-bond acceptors (Lipinski definition) is 4. The van der Waals surface area contributed by atoms with E-state index in [0.29, 0.717) is 18.0 Å². The van der Waals surface area contributed by atoms with Crippen LogP contribution in [0, 0.1) is 5.82 Å². The Bertz CT molecular complexity index is 589. The molecule has 3 nitrogen and oxygen atoms in total. The highest BCUT2D eigenvalue weighted by Gasteiger charge is 2.10. The molecule has 0 fully saturated rings. The maximum absolute atomic E-state index is 13.5. The maximum Gasteiger partial charge on any atom is 0.387 e. The van der Waals surface area contributed by atoms with Gasteiger partial charge < -0.3 is 14.5 Å². The van der Waals surface area contributed by atoms with Crippen LogP contribution >= 0.6 is 11.8 Å². The van der Waals surface area contributed by atoms with Gasteiger partial charge in [-0.3, -0.25) is 0 Å². The fourth-order valence-corrected chi connectivity index (χ4v) is 2.17. The van der Waals surface area contributed by atoms with Crippen molar-refractivity contribution in [2.45, 2.75) is 18.9 Å². The highest BCUT2D eigenvalue weighted by atomic mass is 32.2. The smallest absolute Gasteiger partial charge is 0.387 e. The molecule has 1 N–H and O–H groups in total. The first kappa shape index (κ1) is 15.6. The molecule has 0 aliphatic carbocycles. The van der Waals surface area contributed by atoms with E-state index >= 15 is 0 Å². The van der Waals surface area contributed by atoms with E-state index in [0.717, 1.165) is 23.6 Å². The summed E-state index contributed by atoms with van der Waals surface area (Å²) < 4.78 is 47.1. The fourth-order valence-electron chi connectivity index (χ4n) is 1.73. The standard InChI is InChI=1S/C14H14F3NO2S/c1-21-8-11-4-3-10(19-11)7-18-9-2-5-13(12(15)6-9)20-14(16)17/h2-6,14,18H,7-8H2,1H3. The van der Waals surface area contributed by atoms with Crippen LogP contribution in [0.5, 0.6) is 5.75 Å². The van der Waals surface area contributed by atoms with Crippen molar-refractivity contribution in [1.29, 1.82) is 0 Å². The van der Waals surface area contributed by atoms with E-state index in [1.165, 1.54) is 6.07 Å². The van der Waals surface area contributed by atoms with Crippen LogP contribution in [-0.2, 0) is 12.3 Å². The Morgan fingerprint density at radius 2 is 2.00 bits per heavy atom. The van der Waals surface area contributed by atoms with Gasteiger partial charge in [0, 0.05) is 11.8 Å². The maximum atomic E-state index is 13.5. The Labute approximate surface area is 124 Å². The van der Waals surface area contributed by atoms with Crippen molar-refractivity contribution >= 4 is 17.4 Å². The van der Waals surface area contributed by atoms with E-state index in [4.69, 9.17) is 4.42 Å². The molecule has 0 aliphatic heterocycles. The minimum Gasteiger partial charge on any atom is -0.463 e. The normalized spacial score (nSPS) is 10.9. The van der Waals surface area contributed by atoms with Gasteiger partial charge in [-0.05, 0) is 30.5 Å². The number of nitrogens with one attached hydrogen (secondary N) is 1. The summed E-state index contributed by atoms with van der Waals surface area (Å²) in [6.45, 7) is -2.67. The van der Waals surface area contributed by atoms with Gasteiger partial charge in [0.05, 0.1) is 12.3 Å². The van der Waals surface area contributed by atoms with Gasteiger partial charge >= 0.3 is 6.61 Å². The zero-order valence-electron chi connectivity index (χ0n) is 11.2. The molecule has 0 amide bonds. The van der Waals surface area contributed by atoms with Gasteiger partial charge in [0.15, 0.2) is 11.6 Å². The summed E-state index contributed by atoms with van der Waals surface area (Å²) in [5.74, 6) is 1.05. The van der Waals surface area contributed by atoms with Gasteiger partial charge in [-0.15, -0.1) is 0 Å². The van der Waals surface area contributed by atoms with Crippen LogP contribution in [0.1, 0.15) is 11.5 Å². The molecule has 0 atom stereocenters. The minimum atomic E-state index is -3.05. The monoisotopic (exact) mass is 317 g/mol. The van der Waals surface area contributed by atoms with Crippen molar-refractivity contribution in [2.75, 3.05) is 11.6 Å². The Balaban J connectivity index is 1.94. The van der Waals surface area contributed by atoms with E-state index in [9.17, 15) is 13.2 Å². The largest absolute Gasteiger partial charge is 0.463 e. The number of furan rings is 1. The highest BCUT2D eigenvalue weighted by Crippen LogP contribution is 2.23. The minimum absolute atomic E-state index is 0.378. The van der Waals surface area contributed by atoms with Crippen LogP contribution in [-0.4, -0.2) is 12.9 Å². The molecule has 0 saturated carbocycles. The Morgan fingerprint density at radius 1 is 1.24 bits per heavy atom. The molecule has 0 saturated heterocycles. The Hall–Kier alpha value is -1.76. The average Bonchev–Trinajstić information content (AvgIpc) is 2.87. The van der Waals surface area contributed by atoms with Crippen LogP contribution in [0.3, 0.4) is 0 Å². The van der Waals surface area contributed by atoms with E-state index in [1.807, 2.05) is 18.4 Å². The number of halogens is 3. The van der Waals surface area contributed by atoms with Crippen molar-refractivity contribution in [3.8, 4) is 5.75 Å². The first-order valence-electron chi connectivity index (χ1n) is 6.13. The first-order chi connectivity index (χ1) is 10.1. The number of hydrogen-bond donors (Lipinski definition) is 1. The van der Waals surface area contributed by atoms with Crippen molar-refractivity contribution in [3.63, 3.8) is 0 Å². The molecule has 7 heteroatoms. The third-order valence-electron chi connectivity index (χ3n) is 2.62. The highest BCUT2D eigenvalue weighted by molar-refractivity contribution is 7.97. The second-order valence-corrected chi connectivity index (χ2v) is 5.04. The summed E-state index contributed by atoms with van der Waals surface area (Å²) in [6.07, 6.45) is 1.98. The Kier molecular flexibility index (Phi) is 5.44. The summed E-state index contributed by atoms with van der Waals surface area (Å²) in [4.78, 5) is 0. The number of thioether (sulfide) groups is 1. The van der Waals surface area contributed by atoms with Gasteiger partial charge in [-0.25, -0.2) is 4.39 Å². The van der Waals surface area contributed by atoms with Crippen LogP contribution in [0.4, 0.5) is 18.9 Å². The lowest BCUT2D eigenvalue weighted by Gasteiger charge is -2.08. The zero-order valence-corrected chi connectivity index (χ0v) is 12.1. The predicted octanol–water partition coefficient (Wildman–Crippen LogP) is 4.50. The van der Waals surface area contributed by atoms with Crippen molar-refractivity contribution in [3.05, 3.63) is 47.7 Å². The van der Waals surface area contributed by atoms with E-state index < -0.39 is 18.2 Å². The third kappa shape index (κ3) is 4.63. The van der Waals surface area contributed by atoms with Crippen LogP contribution < -0.4 is 10.1 Å². The Morgan fingerprint density at radius 3 is 2.67 bits per heavy atom. The molecule has 0 aliphatic rings. The molecule has 0 spiro atoms. The molecule has 1 aromatic heterocycles. The molecule has 1 aromatic carbocycles. The van der Waals surface area contributed by atoms with Gasteiger partial charge in [-0.2, -0.15) is 20.5 Å². The average molecular weight is 317 g/mol. The number of benzene rings is 1. The zero-order chi connectivity index (χ0) is 15.2. The number of ether oxygens (including phenoxy) is 1.